The Morgan fingerprint density at radius 3 is 2.06 bits per heavy atom. The van der Waals surface area contributed by atoms with Gasteiger partial charge in [0.25, 0.3) is 11.8 Å². The van der Waals surface area contributed by atoms with Crippen molar-refractivity contribution >= 4 is 28.8 Å². The lowest BCUT2D eigenvalue weighted by Gasteiger charge is -2.29. The number of carbonyl (C=O) groups excluding carboxylic acids is 2. The van der Waals surface area contributed by atoms with Gasteiger partial charge < -0.3 is 19.3 Å². The van der Waals surface area contributed by atoms with Gasteiger partial charge in [0.1, 0.15) is 5.70 Å². The number of amides is 2. The Morgan fingerprint density at radius 1 is 0.812 bits per heavy atom. The molecule has 0 radical (unpaired) electrons. The molecule has 2 aliphatic heterocycles. The zero-order chi connectivity index (χ0) is 22.8. The number of rotatable bonds is 6. The Morgan fingerprint density at radius 2 is 1.47 bits per heavy atom. The van der Waals surface area contributed by atoms with Crippen molar-refractivity contribution in [3.05, 3.63) is 53.7 Å². The van der Waals surface area contributed by atoms with Gasteiger partial charge in [-0.25, -0.2) is 4.90 Å². The highest BCUT2D eigenvalue weighted by atomic mass is 16.5. The molecule has 0 spiro atoms. The third-order valence-electron chi connectivity index (χ3n) is 6.03. The van der Waals surface area contributed by atoms with Crippen LogP contribution in [0.4, 0.5) is 11.4 Å². The minimum atomic E-state index is -0.319. The van der Waals surface area contributed by atoms with Crippen LogP contribution in [0.2, 0.25) is 0 Å². The molecule has 0 unspecified atom stereocenters. The van der Waals surface area contributed by atoms with E-state index in [1.807, 2.05) is 49.3 Å². The second-order valence-electron chi connectivity index (χ2n) is 8.20. The van der Waals surface area contributed by atoms with Crippen LogP contribution in [0.3, 0.4) is 0 Å². The Kier molecular flexibility index (Phi) is 6.08. The fraction of sp³-hybridized carbons (Fsp3) is 0.360. The van der Waals surface area contributed by atoms with Gasteiger partial charge in [-0.3, -0.25) is 9.59 Å². The first-order valence-electron chi connectivity index (χ1n) is 10.8. The lowest BCUT2D eigenvalue weighted by atomic mass is 10.0. The number of piperidine rings is 1. The number of hydrogen-bond acceptors (Lipinski definition) is 6. The van der Waals surface area contributed by atoms with Crippen molar-refractivity contribution < 1.29 is 19.1 Å². The zero-order valence-electron chi connectivity index (χ0n) is 19.1. The molecule has 2 aromatic rings. The topological polar surface area (TPSA) is 62.3 Å². The molecule has 2 heterocycles. The van der Waals surface area contributed by atoms with Crippen molar-refractivity contribution in [3.8, 4) is 11.5 Å². The van der Waals surface area contributed by atoms with Crippen molar-refractivity contribution in [1.29, 1.82) is 0 Å². The van der Waals surface area contributed by atoms with Gasteiger partial charge >= 0.3 is 0 Å². The van der Waals surface area contributed by atoms with Crippen LogP contribution < -0.4 is 19.3 Å². The average Bonchev–Trinajstić information content (AvgIpc) is 3.09. The molecule has 0 saturated carbocycles. The summed E-state index contributed by atoms with van der Waals surface area (Å²) in [6, 6.07) is 12.8. The van der Waals surface area contributed by atoms with Crippen molar-refractivity contribution in [1.82, 2.24) is 4.90 Å². The summed E-state index contributed by atoms with van der Waals surface area (Å²) in [7, 11) is 7.03. The number of carbonyl (C=O) groups is 2. The predicted octanol–water partition coefficient (Wildman–Crippen LogP) is 3.54. The summed E-state index contributed by atoms with van der Waals surface area (Å²) in [4.78, 5) is 32.6. The highest BCUT2D eigenvalue weighted by Gasteiger charge is 2.42. The van der Waals surface area contributed by atoms with Gasteiger partial charge in [0.2, 0.25) is 0 Å². The van der Waals surface area contributed by atoms with Crippen LogP contribution in [0.5, 0.6) is 11.5 Å². The lowest BCUT2D eigenvalue weighted by Crippen LogP contribution is -2.37. The first kappa shape index (κ1) is 21.7. The minimum Gasteiger partial charge on any atom is -0.493 e. The Bertz CT molecular complexity index is 1050. The largest absolute Gasteiger partial charge is 0.493 e. The van der Waals surface area contributed by atoms with Crippen molar-refractivity contribution in [2.24, 2.45) is 0 Å². The molecule has 1 saturated heterocycles. The summed E-state index contributed by atoms with van der Waals surface area (Å²) < 4.78 is 10.8. The normalized spacial score (nSPS) is 16.6. The molecular formula is C25H29N3O4. The molecule has 7 heteroatoms. The molecule has 0 aromatic heterocycles. The van der Waals surface area contributed by atoms with Gasteiger partial charge in [-0.05, 0) is 61.2 Å². The smallest absolute Gasteiger partial charge is 0.282 e. The molecule has 2 amide bonds. The van der Waals surface area contributed by atoms with Crippen LogP contribution in [0.25, 0.3) is 5.57 Å². The maximum absolute atomic E-state index is 13.7. The third kappa shape index (κ3) is 3.79. The molecule has 7 nitrogen and oxygen atoms in total. The number of methoxy groups -OCH3 is 2. The molecule has 1 fully saturated rings. The van der Waals surface area contributed by atoms with Gasteiger partial charge in [0.05, 0.1) is 25.5 Å². The Labute approximate surface area is 188 Å². The minimum absolute atomic E-state index is 0.278. The highest BCUT2D eigenvalue weighted by molar-refractivity contribution is 6.45. The van der Waals surface area contributed by atoms with Gasteiger partial charge in [-0.2, -0.15) is 0 Å². The summed E-state index contributed by atoms with van der Waals surface area (Å²) >= 11 is 0. The van der Waals surface area contributed by atoms with E-state index in [0.29, 0.717) is 34.0 Å². The van der Waals surface area contributed by atoms with E-state index in [1.165, 1.54) is 4.90 Å². The quantitative estimate of drug-likeness (QED) is 0.647. The van der Waals surface area contributed by atoms with Crippen LogP contribution >= 0.6 is 0 Å². The predicted molar refractivity (Wildman–Crippen MR) is 125 cm³/mol. The van der Waals surface area contributed by atoms with Crippen LogP contribution in [-0.4, -0.2) is 58.1 Å². The molecule has 32 heavy (non-hydrogen) atoms. The SMILES string of the molecule is COc1ccc(C2=C(N3CCCCC3)C(=O)N(c3ccc(N(C)C)cc3)C2=O)cc1OC. The van der Waals surface area contributed by atoms with Crippen LogP contribution in [0, 0.1) is 0 Å². The Balaban J connectivity index is 1.80. The van der Waals surface area contributed by atoms with Gasteiger partial charge in [0.15, 0.2) is 11.5 Å². The van der Waals surface area contributed by atoms with Gasteiger partial charge in [-0.1, -0.05) is 6.07 Å². The number of ether oxygens (including phenoxy) is 2. The van der Waals surface area contributed by atoms with Gasteiger partial charge in [-0.15, -0.1) is 0 Å². The van der Waals surface area contributed by atoms with E-state index in [4.69, 9.17) is 9.47 Å². The molecular weight excluding hydrogens is 406 g/mol. The van der Waals surface area contributed by atoms with E-state index >= 15 is 0 Å². The number of hydrogen-bond donors (Lipinski definition) is 0. The fourth-order valence-electron chi connectivity index (χ4n) is 4.32. The molecule has 0 bridgehead atoms. The second-order valence-corrected chi connectivity index (χ2v) is 8.20. The summed E-state index contributed by atoms with van der Waals surface area (Å²) in [5.41, 5.74) is 3.09. The van der Waals surface area contributed by atoms with Crippen LogP contribution in [-0.2, 0) is 9.59 Å². The average molecular weight is 436 g/mol. The van der Waals surface area contributed by atoms with E-state index < -0.39 is 0 Å². The van der Waals surface area contributed by atoms with Crippen LogP contribution in [0.1, 0.15) is 24.8 Å². The first-order valence-corrected chi connectivity index (χ1v) is 10.8. The van der Waals surface area contributed by atoms with Crippen molar-refractivity contribution in [2.45, 2.75) is 19.3 Å². The van der Waals surface area contributed by atoms with E-state index in [-0.39, 0.29) is 11.8 Å². The number of nitrogens with zero attached hydrogens (tertiary/aromatic N) is 3. The second kappa shape index (κ2) is 8.94. The molecule has 4 rings (SSSR count). The van der Waals surface area contributed by atoms with Gasteiger partial charge in [0, 0.05) is 32.9 Å². The summed E-state index contributed by atoms with van der Waals surface area (Å²) in [5, 5.41) is 0. The molecule has 2 aromatic carbocycles. The monoisotopic (exact) mass is 435 g/mol. The van der Waals surface area contributed by atoms with E-state index in [2.05, 4.69) is 4.90 Å². The summed E-state index contributed by atoms with van der Waals surface area (Å²) in [6.07, 6.45) is 3.14. The fourth-order valence-corrected chi connectivity index (χ4v) is 4.32. The Hall–Kier alpha value is -3.48. The number of likely N-dealkylation sites (tertiary alicyclic amines) is 1. The highest BCUT2D eigenvalue weighted by Crippen LogP contribution is 2.39. The van der Waals surface area contributed by atoms with Crippen LogP contribution in [0.15, 0.2) is 48.2 Å². The molecule has 0 N–H and O–H groups in total. The standard InChI is InChI=1S/C25H29N3O4/c1-26(2)18-9-11-19(12-10-18)28-24(29)22(17-8-13-20(31-3)21(16-17)32-4)23(25(28)30)27-14-6-5-7-15-27/h8-13,16H,5-7,14-15H2,1-4H3. The number of anilines is 2. The summed E-state index contributed by atoms with van der Waals surface area (Å²) in [5.74, 6) is 0.494. The van der Waals surface area contributed by atoms with E-state index in [1.54, 1.807) is 26.4 Å². The molecule has 0 atom stereocenters. The van der Waals surface area contributed by atoms with Crippen molar-refractivity contribution in [3.63, 3.8) is 0 Å². The molecule has 2 aliphatic rings. The maximum atomic E-state index is 13.7. The number of benzene rings is 2. The first-order chi connectivity index (χ1) is 15.5. The van der Waals surface area contributed by atoms with E-state index in [9.17, 15) is 9.59 Å². The lowest BCUT2D eigenvalue weighted by molar-refractivity contribution is -0.120. The molecule has 168 valence electrons. The molecule has 0 aliphatic carbocycles. The number of imide groups is 1. The summed E-state index contributed by atoms with van der Waals surface area (Å²) in [6.45, 7) is 1.52. The third-order valence-corrected chi connectivity index (χ3v) is 6.03. The zero-order valence-corrected chi connectivity index (χ0v) is 19.1. The van der Waals surface area contributed by atoms with Crippen molar-refractivity contribution in [2.75, 3.05) is 51.2 Å². The maximum Gasteiger partial charge on any atom is 0.282 e. The van der Waals surface area contributed by atoms with E-state index in [0.717, 1.165) is 38.0 Å².